The molecule has 1 aromatic heterocycles. The van der Waals surface area contributed by atoms with Crippen LogP contribution in [-0.4, -0.2) is 28.1 Å². The van der Waals surface area contributed by atoms with Crippen molar-refractivity contribution in [3.05, 3.63) is 52.9 Å². The van der Waals surface area contributed by atoms with Crippen molar-refractivity contribution in [1.29, 1.82) is 0 Å². The Hall–Kier alpha value is -2.21. The van der Waals surface area contributed by atoms with Crippen LogP contribution in [0.2, 0.25) is 0 Å². The molecule has 0 aliphatic carbocycles. The van der Waals surface area contributed by atoms with E-state index in [4.69, 9.17) is 4.74 Å². The van der Waals surface area contributed by atoms with Gasteiger partial charge in [-0.3, -0.25) is 4.79 Å². The molecule has 2 atom stereocenters. The van der Waals surface area contributed by atoms with Crippen LogP contribution in [0.1, 0.15) is 46.1 Å². The van der Waals surface area contributed by atoms with Crippen LogP contribution >= 0.6 is 0 Å². The van der Waals surface area contributed by atoms with E-state index in [1.807, 2.05) is 11.6 Å². The Morgan fingerprint density at radius 1 is 1.38 bits per heavy atom. The second-order valence-electron chi connectivity index (χ2n) is 6.41. The number of halogens is 1. The summed E-state index contributed by atoms with van der Waals surface area (Å²) < 4.78 is 21.5. The summed E-state index contributed by atoms with van der Waals surface area (Å²) in [6.45, 7) is 3.93. The maximum atomic E-state index is 13.7. The number of hydrogen-bond donors (Lipinski definition) is 1. The standard InChI is InChI=1S/C18H22FN3O2/c1-11-6-13(7-12(2)17(11)19)18(23)21-14-4-5-24-16(8-14)15-9-20-10-22(15)3/h6-7,9-10,14,16H,4-5,8H2,1-3H3,(H,21,23)/t14-,16+/m1/s1. The summed E-state index contributed by atoms with van der Waals surface area (Å²) in [5.41, 5.74) is 2.47. The zero-order valence-electron chi connectivity index (χ0n) is 14.2. The number of nitrogens with zero attached hydrogens (tertiary/aromatic N) is 2. The molecule has 2 heterocycles. The first-order valence-corrected chi connectivity index (χ1v) is 8.11. The number of carbonyl (C=O) groups excluding carboxylic acids is 1. The van der Waals surface area contributed by atoms with Gasteiger partial charge in [0.2, 0.25) is 0 Å². The van der Waals surface area contributed by atoms with Gasteiger partial charge >= 0.3 is 0 Å². The summed E-state index contributed by atoms with van der Waals surface area (Å²) in [5.74, 6) is -0.425. The predicted molar refractivity (Wildman–Crippen MR) is 88.3 cm³/mol. The van der Waals surface area contributed by atoms with Crippen LogP contribution in [-0.2, 0) is 11.8 Å². The molecule has 6 heteroatoms. The van der Waals surface area contributed by atoms with Gasteiger partial charge in [-0.05, 0) is 49.9 Å². The largest absolute Gasteiger partial charge is 0.372 e. The molecule has 24 heavy (non-hydrogen) atoms. The smallest absolute Gasteiger partial charge is 0.251 e. The zero-order chi connectivity index (χ0) is 17.3. The molecule has 1 aliphatic heterocycles. The van der Waals surface area contributed by atoms with E-state index in [0.717, 1.165) is 12.1 Å². The van der Waals surface area contributed by atoms with Crippen LogP contribution in [0.4, 0.5) is 4.39 Å². The average Bonchev–Trinajstić information content (AvgIpc) is 2.98. The third-order valence-electron chi connectivity index (χ3n) is 4.50. The number of benzene rings is 1. The normalized spacial score (nSPS) is 20.8. The summed E-state index contributed by atoms with van der Waals surface area (Å²) >= 11 is 0. The highest BCUT2D eigenvalue weighted by Gasteiger charge is 2.27. The van der Waals surface area contributed by atoms with Crippen LogP contribution in [0.3, 0.4) is 0 Å². The maximum Gasteiger partial charge on any atom is 0.251 e. The highest BCUT2D eigenvalue weighted by atomic mass is 19.1. The zero-order valence-corrected chi connectivity index (χ0v) is 14.2. The number of amides is 1. The van der Waals surface area contributed by atoms with Crippen molar-refractivity contribution >= 4 is 5.91 Å². The summed E-state index contributed by atoms with van der Waals surface area (Å²) in [4.78, 5) is 16.6. The Bertz CT molecular complexity index is 733. The molecule has 0 unspecified atom stereocenters. The van der Waals surface area contributed by atoms with Crippen molar-refractivity contribution in [1.82, 2.24) is 14.9 Å². The molecule has 1 aliphatic rings. The Balaban J connectivity index is 1.69. The topological polar surface area (TPSA) is 56.1 Å². The summed E-state index contributed by atoms with van der Waals surface area (Å²) in [6.07, 6.45) is 4.92. The molecule has 1 fully saturated rings. The monoisotopic (exact) mass is 331 g/mol. The van der Waals surface area contributed by atoms with Crippen LogP contribution in [0.25, 0.3) is 0 Å². The number of nitrogens with one attached hydrogen (secondary N) is 1. The maximum absolute atomic E-state index is 13.7. The molecular formula is C18H22FN3O2. The second-order valence-corrected chi connectivity index (χ2v) is 6.41. The molecule has 3 rings (SSSR count). The Morgan fingerprint density at radius 3 is 2.71 bits per heavy atom. The van der Waals surface area contributed by atoms with Crippen LogP contribution in [0, 0.1) is 19.7 Å². The lowest BCUT2D eigenvalue weighted by molar-refractivity contribution is -0.00301. The molecule has 1 aromatic carbocycles. The first kappa shape index (κ1) is 16.6. The predicted octanol–water partition coefficient (Wildman–Crippen LogP) is 2.83. The first-order chi connectivity index (χ1) is 11.5. The van der Waals surface area contributed by atoms with Gasteiger partial charge in [0.25, 0.3) is 5.91 Å². The van der Waals surface area contributed by atoms with Gasteiger partial charge in [0, 0.05) is 25.3 Å². The van der Waals surface area contributed by atoms with Crippen LogP contribution in [0.15, 0.2) is 24.7 Å². The van der Waals surface area contributed by atoms with E-state index in [9.17, 15) is 9.18 Å². The SMILES string of the molecule is Cc1cc(C(=O)N[C@@H]2CCO[C@H](c3cncn3C)C2)cc(C)c1F. The van der Waals surface area contributed by atoms with Gasteiger partial charge in [0.1, 0.15) is 11.9 Å². The number of imidazole rings is 1. The molecule has 0 saturated carbocycles. The van der Waals surface area contributed by atoms with E-state index in [2.05, 4.69) is 10.3 Å². The van der Waals surface area contributed by atoms with Gasteiger partial charge in [0.15, 0.2) is 0 Å². The van der Waals surface area contributed by atoms with Crippen LogP contribution in [0.5, 0.6) is 0 Å². The molecule has 128 valence electrons. The highest BCUT2D eigenvalue weighted by Crippen LogP contribution is 2.27. The molecule has 1 amide bonds. The minimum Gasteiger partial charge on any atom is -0.372 e. The Labute approximate surface area is 140 Å². The minimum absolute atomic E-state index is 0.0248. The number of hydrogen-bond acceptors (Lipinski definition) is 3. The van der Waals surface area contributed by atoms with Crippen molar-refractivity contribution in [3.8, 4) is 0 Å². The van der Waals surface area contributed by atoms with E-state index in [1.165, 1.54) is 0 Å². The fraction of sp³-hybridized carbons (Fsp3) is 0.444. The number of carbonyl (C=O) groups is 1. The summed E-state index contributed by atoms with van der Waals surface area (Å²) in [5, 5.41) is 3.05. The number of aromatic nitrogens is 2. The third-order valence-corrected chi connectivity index (χ3v) is 4.50. The highest BCUT2D eigenvalue weighted by molar-refractivity contribution is 5.94. The lowest BCUT2D eigenvalue weighted by Crippen LogP contribution is -2.40. The molecule has 1 saturated heterocycles. The Kier molecular flexibility index (Phi) is 4.66. The van der Waals surface area contributed by atoms with Gasteiger partial charge in [-0.1, -0.05) is 0 Å². The molecule has 0 spiro atoms. The van der Waals surface area contributed by atoms with E-state index in [0.29, 0.717) is 29.7 Å². The van der Waals surface area contributed by atoms with Gasteiger partial charge in [0.05, 0.1) is 18.2 Å². The van der Waals surface area contributed by atoms with E-state index in [-0.39, 0.29) is 23.9 Å². The summed E-state index contributed by atoms with van der Waals surface area (Å²) in [6, 6.07) is 3.21. The second kappa shape index (κ2) is 6.73. The van der Waals surface area contributed by atoms with E-state index < -0.39 is 0 Å². The summed E-state index contributed by atoms with van der Waals surface area (Å²) in [7, 11) is 1.93. The molecule has 0 bridgehead atoms. The van der Waals surface area contributed by atoms with Gasteiger partial charge in [-0.25, -0.2) is 9.37 Å². The van der Waals surface area contributed by atoms with Crippen molar-refractivity contribution in [2.24, 2.45) is 7.05 Å². The quantitative estimate of drug-likeness (QED) is 0.941. The average molecular weight is 331 g/mol. The van der Waals surface area contributed by atoms with Crippen LogP contribution < -0.4 is 5.32 Å². The lowest BCUT2D eigenvalue weighted by Gasteiger charge is -2.30. The molecule has 2 aromatic rings. The number of rotatable bonds is 3. The lowest BCUT2D eigenvalue weighted by atomic mass is 10.00. The molecule has 5 nitrogen and oxygen atoms in total. The number of aryl methyl sites for hydroxylation is 3. The van der Waals surface area contributed by atoms with E-state index >= 15 is 0 Å². The molecule has 0 radical (unpaired) electrons. The molecule has 1 N–H and O–H groups in total. The third kappa shape index (κ3) is 3.33. The number of ether oxygens (including phenoxy) is 1. The fourth-order valence-electron chi connectivity index (χ4n) is 3.16. The van der Waals surface area contributed by atoms with Gasteiger partial charge < -0.3 is 14.6 Å². The van der Waals surface area contributed by atoms with Gasteiger partial charge in [-0.15, -0.1) is 0 Å². The molecular weight excluding hydrogens is 309 g/mol. The van der Waals surface area contributed by atoms with E-state index in [1.54, 1.807) is 38.5 Å². The van der Waals surface area contributed by atoms with Crippen molar-refractivity contribution in [2.75, 3.05) is 6.61 Å². The Morgan fingerprint density at radius 2 is 2.08 bits per heavy atom. The van der Waals surface area contributed by atoms with Gasteiger partial charge in [-0.2, -0.15) is 0 Å². The van der Waals surface area contributed by atoms with Crippen molar-refractivity contribution < 1.29 is 13.9 Å². The fourth-order valence-corrected chi connectivity index (χ4v) is 3.16. The van der Waals surface area contributed by atoms with Crippen molar-refractivity contribution in [3.63, 3.8) is 0 Å². The first-order valence-electron chi connectivity index (χ1n) is 8.11. The van der Waals surface area contributed by atoms with Crippen molar-refractivity contribution in [2.45, 2.75) is 38.8 Å². The minimum atomic E-state index is -0.256.